The Balaban J connectivity index is 2.64. The Bertz CT molecular complexity index is 177. The maximum absolute atomic E-state index is 10.6. The second-order valence-electron chi connectivity index (χ2n) is 3.93. The molecule has 1 heterocycles. The molecule has 0 aromatic heterocycles. The first-order valence-corrected chi connectivity index (χ1v) is 3.87. The van der Waals surface area contributed by atoms with Crippen LogP contribution >= 0.6 is 0 Å². The number of carbonyl (C=O) groups is 1. The zero-order valence-electron chi connectivity index (χ0n) is 7.29. The second kappa shape index (κ2) is 2.48. The van der Waals surface area contributed by atoms with Crippen molar-refractivity contribution >= 4 is 5.97 Å². The second-order valence-corrected chi connectivity index (χ2v) is 3.93. The lowest BCUT2D eigenvalue weighted by Gasteiger charge is -2.26. The van der Waals surface area contributed by atoms with Crippen molar-refractivity contribution in [2.75, 3.05) is 13.6 Å². The summed E-state index contributed by atoms with van der Waals surface area (Å²) in [4.78, 5) is 12.7. The minimum Gasteiger partial charge on any atom is -0.481 e. The van der Waals surface area contributed by atoms with Crippen molar-refractivity contribution < 1.29 is 9.90 Å². The lowest BCUT2D eigenvalue weighted by atomic mass is 9.97. The summed E-state index contributed by atoms with van der Waals surface area (Å²) >= 11 is 0. The Labute approximate surface area is 67.0 Å². The minimum atomic E-state index is -0.664. The number of aliphatic carboxylic acids is 1. The lowest BCUT2D eigenvalue weighted by molar-refractivity contribution is -0.141. The molecule has 1 atom stereocenters. The smallest absolute Gasteiger partial charge is 0.307 e. The van der Waals surface area contributed by atoms with Gasteiger partial charge in [-0.05, 0) is 27.3 Å². The van der Waals surface area contributed by atoms with Crippen LogP contribution in [0.5, 0.6) is 0 Å². The highest BCUT2D eigenvalue weighted by Crippen LogP contribution is 2.30. The molecule has 0 amide bonds. The van der Waals surface area contributed by atoms with Crippen LogP contribution in [0.15, 0.2) is 0 Å². The van der Waals surface area contributed by atoms with E-state index in [-0.39, 0.29) is 11.5 Å². The van der Waals surface area contributed by atoms with Crippen LogP contribution in [-0.4, -0.2) is 35.1 Å². The Morgan fingerprint density at radius 1 is 1.64 bits per heavy atom. The Kier molecular flexibility index (Phi) is 1.92. The fraction of sp³-hybridized carbons (Fsp3) is 0.875. The van der Waals surface area contributed by atoms with Gasteiger partial charge in [0.05, 0.1) is 5.92 Å². The van der Waals surface area contributed by atoms with Crippen molar-refractivity contribution in [1.82, 2.24) is 4.90 Å². The van der Waals surface area contributed by atoms with Crippen LogP contribution < -0.4 is 0 Å². The lowest BCUT2D eigenvalue weighted by Crippen LogP contribution is -2.34. The Morgan fingerprint density at radius 2 is 2.18 bits per heavy atom. The summed E-state index contributed by atoms with van der Waals surface area (Å²) in [6.07, 6.45) is 0.763. The fourth-order valence-electron chi connectivity index (χ4n) is 1.57. The largest absolute Gasteiger partial charge is 0.481 e. The normalized spacial score (nSPS) is 30.6. The molecular formula is C8H15NO2. The van der Waals surface area contributed by atoms with E-state index in [1.54, 1.807) is 0 Å². The zero-order valence-corrected chi connectivity index (χ0v) is 7.29. The van der Waals surface area contributed by atoms with E-state index in [1.165, 1.54) is 0 Å². The predicted octanol–water partition coefficient (Wildman–Crippen LogP) is 0.801. The van der Waals surface area contributed by atoms with Crippen molar-refractivity contribution in [2.45, 2.75) is 25.8 Å². The highest BCUT2D eigenvalue weighted by atomic mass is 16.4. The highest BCUT2D eigenvalue weighted by molar-refractivity contribution is 5.70. The van der Waals surface area contributed by atoms with Gasteiger partial charge in [0.15, 0.2) is 0 Å². The van der Waals surface area contributed by atoms with Crippen LogP contribution in [0.1, 0.15) is 20.3 Å². The first-order valence-electron chi connectivity index (χ1n) is 3.87. The molecule has 1 rings (SSSR count). The standard InChI is InChI=1S/C8H15NO2/c1-8(2)4-6(7(10)11)5-9(8)3/h6H,4-5H2,1-3H3,(H,10,11)/t6-/m1/s1. The summed E-state index contributed by atoms with van der Waals surface area (Å²) in [6.45, 7) is 4.84. The molecule has 64 valence electrons. The van der Waals surface area contributed by atoms with E-state index in [1.807, 2.05) is 7.05 Å². The van der Waals surface area contributed by atoms with E-state index in [4.69, 9.17) is 5.11 Å². The third-order valence-corrected chi connectivity index (χ3v) is 2.62. The van der Waals surface area contributed by atoms with E-state index in [2.05, 4.69) is 18.7 Å². The van der Waals surface area contributed by atoms with Crippen LogP contribution in [-0.2, 0) is 4.79 Å². The quantitative estimate of drug-likeness (QED) is 0.612. The van der Waals surface area contributed by atoms with Gasteiger partial charge in [-0.3, -0.25) is 4.79 Å². The zero-order chi connectivity index (χ0) is 8.65. The summed E-state index contributed by atoms with van der Waals surface area (Å²) in [5.74, 6) is -0.836. The molecule has 0 aromatic carbocycles. The van der Waals surface area contributed by atoms with Crippen molar-refractivity contribution in [3.63, 3.8) is 0 Å². The number of carboxylic acids is 1. The van der Waals surface area contributed by atoms with Gasteiger partial charge in [-0.25, -0.2) is 0 Å². The van der Waals surface area contributed by atoms with Gasteiger partial charge in [0, 0.05) is 12.1 Å². The maximum atomic E-state index is 10.6. The van der Waals surface area contributed by atoms with E-state index < -0.39 is 5.97 Å². The van der Waals surface area contributed by atoms with Gasteiger partial charge in [0.1, 0.15) is 0 Å². The van der Waals surface area contributed by atoms with Crippen LogP contribution in [0.2, 0.25) is 0 Å². The SMILES string of the molecule is CN1C[C@H](C(=O)O)CC1(C)C. The van der Waals surface area contributed by atoms with Crippen molar-refractivity contribution in [1.29, 1.82) is 0 Å². The van der Waals surface area contributed by atoms with Gasteiger partial charge in [-0.1, -0.05) is 0 Å². The summed E-state index contributed by atoms with van der Waals surface area (Å²) in [7, 11) is 1.98. The number of likely N-dealkylation sites (tertiary alicyclic amines) is 1. The topological polar surface area (TPSA) is 40.5 Å². The highest BCUT2D eigenvalue weighted by Gasteiger charge is 2.39. The molecule has 0 bridgehead atoms. The van der Waals surface area contributed by atoms with Gasteiger partial charge in [-0.2, -0.15) is 0 Å². The van der Waals surface area contributed by atoms with Crippen LogP contribution in [0.4, 0.5) is 0 Å². The summed E-state index contributed by atoms with van der Waals surface area (Å²) in [5.41, 5.74) is 0.0586. The molecule has 11 heavy (non-hydrogen) atoms. The molecule has 0 aliphatic carbocycles. The molecule has 0 unspecified atom stereocenters. The predicted molar refractivity (Wildman–Crippen MR) is 42.5 cm³/mol. The van der Waals surface area contributed by atoms with Crippen LogP contribution in [0.3, 0.4) is 0 Å². The molecular weight excluding hydrogens is 142 g/mol. The first-order chi connectivity index (χ1) is 4.93. The third-order valence-electron chi connectivity index (χ3n) is 2.62. The fourth-order valence-corrected chi connectivity index (χ4v) is 1.57. The molecule has 0 radical (unpaired) electrons. The van der Waals surface area contributed by atoms with Gasteiger partial charge in [0.25, 0.3) is 0 Å². The molecule has 0 spiro atoms. The van der Waals surface area contributed by atoms with Gasteiger partial charge >= 0.3 is 5.97 Å². The first kappa shape index (κ1) is 8.53. The van der Waals surface area contributed by atoms with Crippen LogP contribution in [0.25, 0.3) is 0 Å². The Hall–Kier alpha value is -0.570. The Morgan fingerprint density at radius 3 is 2.36 bits per heavy atom. The maximum Gasteiger partial charge on any atom is 0.307 e. The molecule has 0 aromatic rings. The molecule has 1 N–H and O–H groups in total. The average molecular weight is 157 g/mol. The number of rotatable bonds is 1. The van der Waals surface area contributed by atoms with Crippen molar-refractivity contribution in [3.05, 3.63) is 0 Å². The number of hydrogen-bond acceptors (Lipinski definition) is 2. The van der Waals surface area contributed by atoms with E-state index in [0.29, 0.717) is 6.54 Å². The molecule has 3 nitrogen and oxygen atoms in total. The van der Waals surface area contributed by atoms with Gasteiger partial charge in [-0.15, -0.1) is 0 Å². The summed E-state index contributed by atoms with van der Waals surface area (Å²) < 4.78 is 0. The summed E-state index contributed by atoms with van der Waals surface area (Å²) in [6, 6.07) is 0. The van der Waals surface area contributed by atoms with E-state index in [9.17, 15) is 4.79 Å². The van der Waals surface area contributed by atoms with Crippen LogP contribution in [0, 0.1) is 5.92 Å². The number of nitrogens with zero attached hydrogens (tertiary/aromatic N) is 1. The molecule has 1 aliphatic heterocycles. The third kappa shape index (κ3) is 1.53. The summed E-state index contributed by atoms with van der Waals surface area (Å²) in [5, 5.41) is 8.74. The molecule has 1 saturated heterocycles. The monoisotopic (exact) mass is 157 g/mol. The molecule has 3 heteroatoms. The molecule has 1 fully saturated rings. The van der Waals surface area contributed by atoms with Gasteiger partial charge in [0.2, 0.25) is 0 Å². The van der Waals surface area contributed by atoms with Crippen molar-refractivity contribution in [2.24, 2.45) is 5.92 Å². The molecule has 0 saturated carbocycles. The van der Waals surface area contributed by atoms with E-state index >= 15 is 0 Å². The average Bonchev–Trinajstić information content (AvgIpc) is 2.08. The molecule has 1 aliphatic rings. The van der Waals surface area contributed by atoms with Gasteiger partial charge < -0.3 is 10.0 Å². The number of hydrogen-bond donors (Lipinski definition) is 1. The van der Waals surface area contributed by atoms with E-state index in [0.717, 1.165) is 6.42 Å². The van der Waals surface area contributed by atoms with Crippen molar-refractivity contribution in [3.8, 4) is 0 Å². The minimum absolute atomic E-state index is 0.0586. The number of carboxylic acid groups (broad SMARTS) is 1.